The molecule has 1 aromatic heterocycles. The van der Waals surface area contributed by atoms with Gasteiger partial charge in [0.2, 0.25) is 0 Å². The number of benzene rings is 1. The van der Waals surface area contributed by atoms with Crippen molar-refractivity contribution < 1.29 is 19.1 Å². The number of fused-ring (bicyclic) bond motifs is 1. The lowest BCUT2D eigenvalue weighted by atomic mass is 9.99. The van der Waals surface area contributed by atoms with E-state index in [-0.39, 0.29) is 17.2 Å². The van der Waals surface area contributed by atoms with Gasteiger partial charge in [-0.2, -0.15) is 0 Å². The first-order valence-corrected chi connectivity index (χ1v) is 11.9. The number of nitrogens with zero attached hydrogens (tertiary/aromatic N) is 3. The molecule has 0 N–H and O–H groups in total. The van der Waals surface area contributed by atoms with Crippen molar-refractivity contribution in [2.24, 2.45) is 0 Å². The van der Waals surface area contributed by atoms with Gasteiger partial charge in [0.1, 0.15) is 17.4 Å². The molecule has 1 saturated heterocycles. The summed E-state index contributed by atoms with van der Waals surface area (Å²) in [6.45, 7) is 5.22. The lowest BCUT2D eigenvalue weighted by Gasteiger charge is -2.34. The van der Waals surface area contributed by atoms with Gasteiger partial charge in [-0.3, -0.25) is 14.5 Å². The summed E-state index contributed by atoms with van der Waals surface area (Å²) in [4.78, 5) is 43.0. The predicted octanol–water partition coefficient (Wildman–Crippen LogP) is 2.39. The minimum atomic E-state index is -0.618. The molecular formula is C26H33N3O5. The van der Waals surface area contributed by atoms with Crippen molar-refractivity contribution in [3.05, 3.63) is 63.1 Å². The summed E-state index contributed by atoms with van der Waals surface area (Å²) in [6, 6.07) is 9.23. The smallest absolute Gasteiger partial charge is 0.328 e. The van der Waals surface area contributed by atoms with Crippen molar-refractivity contribution in [2.45, 2.75) is 51.7 Å². The highest BCUT2D eigenvalue weighted by molar-refractivity contribution is 6.00. The summed E-state index contributed by atoms with van der Waals surface area (Å²) in [5.41, 5.74) is 3.32. The highest BCUT2D eigenvalue weighted by Crippen LogP contribution is 2.28. The number of carbonyl (C=O) groups excluding carboxylic acids is 2. The van der Waals surface area contributed by atoms with E-state index in [0.29, 0.717) is 50.3 Å². The Balaban J connectivity index is 1.65. The summed E-state index contributed by atoms with van der Waals surface area (Å²) >= 11 is 0. The molecule has 1 amide bonds. The Bertz CT molecular complexity index is 1110. The molecular weight excluding hydrogens is 434 g/mol. The summed E-state index contributed by atoms with van der Waals surface area (Å²) in [5.74, 6) is -0.416. The Kier molecular flexibility index (Phi) is 7.36. The van der Waals surface area contributed by atoms with E-state index in [2.05, 4.69) is 36.1 Å². The fourth-order valence-corrected chi connectivity index (χ4v) is 4.99. The van der Waals surface area contributed by atoms with E-state index in [1.165, 1.54) is 31.4 Å². The number of hydrogen-bond donors (Lipinski definition) is 0. The van der Waals surface area contributed by atoms with E-state index in [4.69, 9.17) is 9.47 Å². The third-order valence-electron chi connectivity index (χ3n) is 6.88. The number of likely N-dealkylation sites (tertiary alicyclic amines) is 1. The van der Waals surface area contributed by atoms with Crippen LogP contribution in [0.3, 0.4) is 0 Å². The van der Waals surface area contributed by atoms with Crippen LogP contribution >= 0.6 is 0 Å². The fraction of sp³-hybridized carbons (Fsp3) is 0.500. The Hall–Kier alpha value is -3.13. The molecule has 1 aromatic carbocycles. The van der Waals surface area contributed by atoms with E-state index >= 15 is 0 Å². The molecule has 8 nitrogen and oxygen atoms in total. The van der Waals surface area contributed by atoms with Crippen LogP contribution in [0.1, 0.15) is 46.4 Å². The average molecular weight is 468 g/mol. The molecule has 2 aliphatic rings. The van der Waals surface area contributed by atoms with Crippen LogP contribution in [0, 0.1) is 6.92 Å². The molecule has 8 heteroatoms. The summed E-state index contributed by atoms with van der Waals surface area (Å²) < 4.78 is 12.2. The number of rotatable bonds is 5. The second-order valence-corrected chi connectivity index (χ2v) is 9.07. The first-order chi connectivity index (χ1) is 16.4. The number of amides is 1. The third-order valence-corrected chi connectivity index (χ3v) is 6.88. The first-order valence-electron chi connectivity index (χ1n) is 11.9. The quantitative estimate of drug-likeness (QED) is 0.628. The predicted molar refractivity (Wildman–Crippen MR) is 128 cm³/mol. The Morgan fingerprint density at radius 3 is 2.50 bits per heavy atom. The molecule has 2 aromatic rings. The number of carbonyl (C=O) groups is 2. The van der Waals surface area contributed by atoms with Gasteiger partial charge in [-0.05, 0) is 31.7 Å². The molecule has 0 unspecified atom stereocenters. The van der Waals surface area contributed by atoms with E-state index in [0.717, 1.165) is 19.4 Å². The molecule has 0 saturated carbocycles. The summed E-state index contributed by atoms with van der Waals surface area (Å²) in [6.07, 6.45) is 2.79. The second kappa shape index (κ2) is 10.4. The van der Waals surface area contributed by atoms with Crippen molar-refractivity contribution >= 4 is 11.9 Å². The number of ether oxygens (including phenoxy) is 2. The van der Waals surface area contributed by atoms with E-state index in [1.807, 2.05) is 0 Å². The van der Waals surface area contributed by atoms with Gasteiger partial charge in [0.05, 0.1) is 14.2 Å². The van der Waals surface area contributed by atoms with Crippen molar-refractivity contribution in [1.82, 2.24) is 14.4 Å². The van der Waals surface area contributed by atoms with Crippen molar-refractivity contribution in [3.63, 3.8) is 0 Å². The Morgan fingerprint density at radius 2 is 1.79 bits per heavy atom. The van der Waals surface area contributed by atoms with E-state index < -0.39 is 12.0 Å². The van der Waals surface area contributed by atoms with Gasteiger partial charge in [0.15, 0.2) is 0 Å². The van der Waals surface area contributed by atoms with Crippen molar-refractivity contribution in [1.29, 1.82) is 0 Å². The molecule has 3 heterocycles. The van der Waals surface area contributed by atoms with Crippen molar-refractivity contribution in [2.75, 3.05) is 33.9 Å². The van der Waals surface area contributed by atoms with Gasteiger partial charge in [-0.15, -0.1) is 0 Å². The number of aromatic nitrogens is 1. The van der Waals surface area contributed by atoms with Crippen LogP contribution in [0.4, 0.5) is 0 Å². The van der Waals surface area contributed by atoms with Crippen LogP contribution in [0.15, 0.2) is 35.1 Å². The molecule has 34 heavy (non-hydrogen) atoms. The van der Waals surface area contributed by atoms with E-state index in [9.17, 15) is 14.4 Å². The lowest BCUT2D eigenvalue weighted by Crippen LogP contribution is -2.49. The molecule has 4 rings (SSSR count). The second-order valence-electron chi connectivity index (χ2n) is 9.07. The largest absolute Gasteiger partial charge is 0.496 e. The maximum Gasteiger partial charge on any atom is 0.328 e. The molecule has 182 valence electrons. The monoisotopic (exact) mass is 467 g/mol. The van der Waals surface area contributed by atoms with E-state index in [1.54, 1.807) is 9.47 Å². The van der Waals surface area contributed by atoms with Gasteiger partial charge < -0.3 is 18.9 Å². The summed E-state index contributed by atoms with van der Waals surface area (Å²) in [7, 11) is 2.81. The first kappa shape index (κ1) is 24.0. The van der Waals surface area contributed by atoms with Crippen LogP contribution in [-0.4, -0.2) is 66.1 Å². The highest BCUT2D eigenvalue weighted by Gasteiger charge is 2.36. The molecule has 0 aliphatic carbocycles. The van der Waals surface area contributed by atoms with Gasteiger partial charge in [0, 0.05) is 50.9 Å². The molecule has 0 bridgehead atoms. The van der Waals surface area contributed by atoms with Crippen LogP contribution in [-0.2, 0) is 29.0 Å². The van der Waals surface area contributed by atoms with Crippen LogP contribution < -0.4 is 10.3 Å². The highest BCUT2D eigenvalue weighted by atomic mass is 16.5. The van der Waals surface area contributed by atoms with Gasteiger partial charge >= 0.3 is 5.97 Å². The minimum Gasteiger partial charge on any atom is -0.496 e. The molecule has 0 spiro atoms. The number of methoxy groups -OCH3 is 2. The number of piperidine rings is 1. The maximum absolute atomic E-state index is 13.8. The summed E-state index contributed by atoms with van der Waals surface area (Å²) in [5, 5.41) is 0. The van der Waals surface area contributed by atoms with Crippen LogP contribution in [0.2, 0.25) is 0 Å². The SMILES string of the molecule is COC(=O)[C@H]1CCCCN1C(=O)c1c(OC)cc(=O)n2c1CCN(Cc1ccc(C)cc1)CC2. The van der Waals surface area contributed by atoms with Gasteiger partial charge in [-0.25, -0.2) is 4.79 Å². The lowest BCUT2D eigenvalue weighted by molar-refractivity contribution is -0.147. The number of hydrogen-bond acceptors (Lipinski definition) is 6. The van der Waals surface area contributed by atoms with Crippen molar-refractivity contribution in [3.8, 4) is 5.75 Å². The fourth-order valence-electron chi connectivity index (χ4n) is 4.99. The molecule has 0 radical (unpaired) electrons. The number of pyridine rings is 1. The average Bonchev–Trinajstić information content (AvgIpc) is 3.07. The molecule has 1 atom stereocenters. The minimum absolute atomic E-state index is 0.177. The molecule has 1 fully saturated rings. The number of esters is 1. The molecule has 2 aliphatic heterocycles. The third kappa shape index (κ3) is 4.87. The zero-order chi connectivity index (χ0) is 24.2. The van der Waals surface area contributed by atoms with Gasteiger partial charge in [-0.1, -0.05) is 29.8 Å². The van der Waals surface area contributed by atoms with Gasteiger partial charge in [0.25, 0.3) is 11.5 Å². The van der Waals surface area contributed by atoms with Crippen LogP contribution in [0.25, 0.3) is 0 Å². The normalized spacial score (nSPS) is 18.7. The van der Waals surface area contributed by atoms with Crippen LogP contribution in [0.5, 0.6) is 5.75 Å². The topological polar surface area (TPSA) is 81.1 Å². The number of aryl methyl sites for hydroxylation is 1. The Labute approximate surface area is 200 Å². The standard InChI is InChI=1S/C26H33N3O5/c1-18-7-9-19(10-8-18)17-27-13-11-20-24(22(33-2)16-23(30)28(20)15-14-27)25(31)29-12-5-4-6-21(29)26(32)34-3/h7-10,16,21H,4-6,11-15,17H2,1-3H3/t21-/m1/s1. The maximum atomic E-state index is 13.8. The zero-order valence-corrected chi connectivity index (χ0v) is 20.2. The Morgan fingerprint density at radius 1 is 1.03 bits per heavy atom. The zero-order valence-electron chi connectivity index (χ0n) is 20.2.